The fraction of sp³-hybridized carbons (Fsp3) is 0.161. The molecule has 4 bridgehead atoms. The van der Waals surface area contributed by atoms with E-state index in [4.69, 9.17) is 0 Å². The molecule has 4 aliphatic carbocycles. The molecule has 2 nitrogen and oxygen atoms in total. The van der Waals surface area contributed by atoms with Crippen LogP contribution in [0.1, 0.15) is 44.1 Å². The lowest BCUT2D eigenvalue weighted by atomic mass is 9.48. The van der Waals surface area contributed by atoms with E-state index in [1.807, 2.05) is 0 Å². The van der Waals surface area contributed by atoms with E-state index in [-0.39, 0.29) is 0 Å². The number of hydrogen-bond acceptors (Lipinski definition) is 1. The van der Waals surface area contributed by atoms with Crippen molar-refractivity contribution in [1.29, 1.82) is 0 Å². The van der Waals surface area contributed by atoms with Crippen LogP contribution < -0.4 is 4.90 Å². The normalized spacial score (nSPS) is 20.0. The van der Waals surface area contributed by atoms with Gasteiger partial charge in [-0.3, -0.25) is 0 Å². The molecule has 0 aliphatic heterocycles. The number of hydrogen-bond donors (Lipinski definition) is 0. The summed E-state index contributed by atoms with van der Waals surface area (Å²) in [5.74, 6) is 2.77. The molecule has 0 spiro atoms. The average Bonchev–Trinajstić information content (AvgIpc) is 3.68. The highest BCUT2D eigenvalue weighted by atomic mass is 15.1. The van der Waals surface area contributed by atoms with Crippen molar-refractivity contribution in [3.63, 3.8) is 0 Å². The largest absolute Gasteiger partial charge is 0.311 e. The SMILES string of the molecule is c1ccc(-c2cccc3cccc(-c4ccc(N(c5ccc(-c6ccc7c8ccccc8n(-c8ccccc8)c7c6)cc5)c5ccc(C67CC8CC(CC(C8)C6)C7)cc5)cc4)c23)cc1. The second-order valence-electron chi connectivity index (χ2n) is 19.2. The third kappa shape index (κ3) is 6.22. The lowest BCUT2D eigenvalue weighted by molar-refractivity contribution is -0.00518. The van der Waals surface area contributed by atoms with Gasteiger partial charge in [-0.1, -0.05) is 152 Å². The Morgan fingerprint density at radius 1 is 0.391 bits per heavy atom. The minimum atomic E-state index is 0.367. The lowest BCUT2D eigenvalue weighted by Gasteiger charge is -2.57. The summed E-state index contributed by atoms with van der Waals surface area (Å²) in [6.07, 6.45) is 8.53. The molecule has 4 saturated carbocycles. The Morgan fingerprint density at radius 3 is 1.52 bits per heavy atom. The highest BCUT2D eigenvalue weighted by Gasteiger charge is 2.51. The van der Waals surface area contributed by atoms with Gasteiger partial charge in [0.2, 0.25) is 0 Å². The Morgan fingerprint density at radius 2 is 0.891 bits per heavy atom. The van der Waals surface area contributed by atoms with Crippen LogP contribution in [0.15, 0.2) is 212 Å². The summed E-state index contributed by atoms with van der Waals surface area (Å²) in [5, 5.41) is 5.09. The van der Waals surface area contributed by atoms with Crippen LogP contribution in [0.3, 0.4) is 0 Å². The van der Waals surface area contributed by atoms with Crippen LogP contribution in [0.2, 0.25) is 0 Å². The first-order valence-electron chi connectivity index (χ1n) is 23.4. The predicted octanol–water partition coefficient (Wildman–Crippen LogP) is 16.9. The number of aromatic nitrogens is 1. The second-order valence-corrected chi connectivity index (χ2v) is 19.2. The Hall–Kier alpha value is -7.16. The smallest absolute Gasteiger partial charge is 0.0547 e. The summed E-state index contributed by atoms with van der Waals surface area (Å²) in [7, 11) is 0. The van der Waals surface area contributed by atoms with E-state index < -0.39 is 0 Å². The van der Waals surface area contributed by atoms with Gasteiger partial charge in [-0.25, -0.2) is 0 Å². The van der Waals surface area contributed by atoms with Crippen LogP contribution in [0.4, 0.5) is 17.1 Å². The summed E-state index contributed by atoms with van der Waals surface area (Å²) in [6, 6.07) is 78.9. The Balaban J connectivity index is 0.894. The molecule has 64 heavy (non-hydrogen) atoms. The fourth-order valence-electron chi connectivity index (χ4n) is 12.9. The molecule has 2 heteroatoms. The summed E-state index contributed by atoms with van der Waals surface area (Å²) in [4.78, 5) is 2.45. The van der Waals surface area contributed by atoms with Crippen molar-refractivity contribution in [2.45, 2.75) is 43.9 Å². The predicted molar refractivity (Wildman–Crippen MR) is 269 cm³/mol. The van der Waals surface area contributed by atoms with Gasteiger partial charge in [0.05, 0.1) is 11.0 Å². The van der Waals surface area contributed by atoms with E-state index in [1.54, 1.807) is 5.56 Å². The van der Waals surface area contributed by atoms with Crippen molar-refractivity contribution < 1.29 is 0 Å². The molecule has 0 atom stereocenters. The van der Waals surface area contributed by atoms with E-state index in [2.05, 4.69) is 222 Å². The van der Waals surface area contributed by atoms with Gasteiger partial charge in [-0.2, -0.15) is 0 Å². The summed E-state index contributed by atoms with van der Waals surface area (Å²) >= 11 is 0. The number of nitrogens with zero attached hydrogens (tertiary/aromatic N) is 2. The zero-order valence-corrected chi connectivity index (χ0v) is 36.1. The lowest BCUT2D eigenvalue weighted by Crippen LogP contribution is -2.48. The molecule has 0 amide bonds. The van der Waals surface area contributed by atoms with Crippen molar-refractivity contribution in [2.75, 3.05) is 4.90 Å². The highest BCUT2D eigenvalue weighted by molar-refractivity contribution is 6.10. The zero-order valence-electron chi connectivity index (χ0n) is 36.1. The molecule has 4 fully saturated rings. The first-order chi connectivity index (χ1) is 31.6. The van der Waals surface area contributed by atoms with Gasteiger partial charge in [0.1, 0.15) is 0 Å². The van der Waals surface area contributed by atoms with E-state index in [0.29, 0.717) is 5.41 Å². The topological polar surface area (TPSA) is 8.17 Å². The second kappa shape index (κ2) is 15.0. The minimum absolute atomic E-state index is 0.367. The van der Waals surface area contributed by atoms with Gasteiger partial charge in [0, 0.05) is 33.5 Å². The molecule has 0 saturated heterocycles. The summed E-state index contributed by atoms with van der Waals surface area (Å²) in [6.45, 7) is 0. The number of anilines is 3. The van der Waals surface area contributed by atoms with E-state index in [9.17, 15) is 0 Å². The number of benzene rings is 9. The molecular formula is C62H50N2. The van der Waals surface area contributed by atoms with Crippen LogP contribution in [0, 0.1) is 17.8 Å². The van der Waals surface area contributed by atoms with Gasteiger partial charge in [0.15, 0.2) is 0 Å². The van der Waals surface area contributed by atoms with Crippen LogP contribution in [0.5, 0.6) is 0 Å². The number of rotatable bonds is 8. The molecule has 0 radical (unpaired) electrons. The Kier molecular flexibility index (Phi) is 8.76. The number of para-hydroxylation sites is 2. The van der Waals surface area contributed by atoms with Gasteiger partial charge in [-0.15, -0.1) is 0 Å². The van der Waals surface area contributed by atoms with Crippen molar-refractivity contribution in [3.05, 3.63) is 218 Å². The fourth-order valence-corrected chi connectivity index (χ4v) is 12.9. The molecule has 0 unspecified atom stereocenters. The van der Waals surface area contributed by atoms with Crippen LogP contribution in [-0.2, 0) is 5.41 Å². The van der Waals surface area contributed by atoms with E-state index in [0.717, 1.165) is 29.1 Å². The first-order valence-corrected chi connectivity index (χ1v) is 23.4. The molecule has 4 aliphatic rings. The molecule has 14 rings (SSSR count). The molecular weight excluding hydrogens is 773 g/mol. The maximum absolute atomic E-state index is 2.49. The van der Waals surface area contributed by atoms with Crippen molar-refractivity contribution in [1.82, 2.24) is 4.57 Å². The standard InChI is InChI=1S/C62H50N2/c1-3-11-46(12-4-1)55-18-9-13-48-14-10-19-56(61(48)55)47-23-30-53(31-24-47)63(54-32-26-50(27-33-54)62-39-42-35-43(40-62)37-44(36-42)41-62)52-28-21-45(22-29-52)49-25-34-58-57-17-7-8-20-59(57)64(60(58)38-49)51-15-5-2-6-16-51/h1-34,38,42-44H,35-37,39-41H2. The van der Waals surface area contributed by atoms with E-state index in [1.165, 1.54) is 116 Å². The van der Waals surface area contributed by atoms with Crippen LogP contribution >= 0.6 is 0 Å². The third-order valence-corrected chi connectivity index (χ3v) is 15.3. The highest BCUT2D eigenvalue weighted by Crippen LogP contribution is 2.61. The van der Waals surface area contributed by atoms with Gasteiger partial charge in [-0.05, 0) is 172 Å². The first kappa shape index (κ1) is 37.4. The monoisotopic (exact) mass is 822 g/mol. The maximum atomic E-state index is 2.49. The van der Waals surface area contributed by atoms with E-state index >= 15 is 0 Å². The Labute approximate surface area is 376 Å². The molecule has 1 aromatic heterocycles. The van der Waals surface area contributed by atoms with Gasteiger partial charge < -0.3 is 9.47 Å². The molecule has 0 N–H and O–H groups in total. The van der Waals surface area contributed by atoms with Crippen molar-refractivity contribution in [3.8, 4) is 39.1 Å². The van der Waals surface area contributed by atoms with Gasteiger partial charge >= 0.3 is 0 Å². The zero-order chi connectivity index (χ0) is 42.2. The number of fused-ring (bicyclic) bond motifs is 4. The van der Waals surface area contributed by atoms with Crippen LogP contribution in [-0.4, -0.2) is 4.57 Å². The van der Waals surface area contributed by atoms with Gasteiger partial charge in [0.25, 0.3) is 0 Å². The minimum Gasteiger partial charge on any atom is -0.311 e. The Bertz CT molecular complexity index is 3280. The average molecular weight is 823 g/mol. The third-order valence-electron chi connectivity index (χ3n) is 15.3. The van der Waals surface area contributed by atoms with Crippen molar-refractivity contribution >= 4 is 49.6 Å². The molecule has 9 aromatic carbocycles. The molecule has 1 heterocycles. The molecule has 10 aromatic rings. The summed E-state index contributed by atoms with van der Waals surface area (Å²) in [5.41, 5.74) is 16.4. The maximum Gasteiger partial charge on any atom is 0.0547 e. The summed E-state index contributed by atoms with van der Waals surface area (Å²) < 4.78 is 2.40. The quantitative estimate of drug-likeness (QED) is 0.148. The van der Waals surface area contributed by atoms with Crippen LogP contribution in [0.25, 0.3) is 71.6 Å². The molecule has 308 valence electrons. The van der Waals surface area contributed by atoms with Crippen molar-refractivity contribution in [2.24, 2.45) is 17.8 Å².